The zero-order valence-corrected chi connectivity index (χ0v) is 27.1. The van der Waals surface area contributed by atoms with E-state index in [9.17, 15) is 25.9 Å². The first kappa shape index (κ1) is 30.8. The maximum Gasteiger partial charge on any atom is 0.265 e. The van der Waals surface area contributed by atoms with Crippen LogP contribution in [0.25, 0.3) is 16.3 Å². The fourth-order valence-corrected chi connectivity index (χ4v) is 8.12. The summed E-state index contributed by atoms with van der Waals surface area (Å²) >= 11 is 11.7. The lowest BCUT2D eigenvalue weighted by Crippen LogP contribution is -2.36. The minimum Gasteiger partial charge on any atom is -0.335 e. The Hall–Kier alpha value is -1.20. The van der Waals surface area contributed by atoms with Crippen LogP contribution in [0, 0.1) is 3.57 Å². The average Bonchev–Trinajstić information content (AvgIpc) is 3.34. The predicted molar refractivity (Wildman–Crippen MR) is 168 cm³/mol. The third-order valence-electron chi connectivity index (χ3n) is 5.98. The molecule has 8 nitrogen and oxygen atoms in total. The van der Waals surface area contributed by atoms with Crippen LogP contribution < -0.4 is 9.47 Å². The van der Waals surface area contributed by atoms with Crippen molar-refractivity contribution in [1.82, 2.24) is 0 Å². The Morgan fingerprint density at radius 3 is 2.49 bits per heavy atom. The summed E-state index contributed by atoms with van der Waals surface area (Å²) in [5.74, 6) is -0.650. The smallest absolute Gasteiger partial charge is 0.265 e. The van der Waals surface area contributed by atoms with Gasteiger partial charge in [0.25, 0.3) is 25.2 Å². The van der Waals surface area contributed by atoms with Crippen molar-refractivity contribution in [2.24, 2.45) is 0 Å². The van der Waals surface area contributed by atoms with E-state index in [4.69, 9.17) is 11.6 Å². The molecule has 1 aliphatic rings. The van der Waals surface area contributed by atoms with Gasteiger partial charge in [-0.25, -0.2) is 0 Å². The number of nitrogens with zero attached hydrogens (tertiary/aromatic N) is 2. The second-order valence-electron chi connectivity index (χ2n) is 8.90. The van der Waals surface area contributed by atoms with E-state index in [1.165, 1.54) is 0 Å². The molecule has 39 heavy (non-hydrogen) atoms. The van der Waals surface area contributed by atoms with Crippen molar-refractivity contribution in [3.05, 3.63) is 66.7 Å². The molecule has 2 aromatic carbocycles. The van der Waals surface area contributed by atoms with E-state index in [1.54, 1.807) is 23.1 Å². The Labute approximate surface area is 255 Å². The molecule has 0 fully saturated rings. The number of halogens is 2. The number of thioether (sulfide) groups is 1. The Bertz CT molecular complexity index is 1670. The summed E-state index contributed by atoms with van der Waals surface area (Å²) < 4.78 is 67.9. The zero-order chi connectivity index (χ0) is 28.4. The predicted octanol–water partition coefficient (Wildman–Crippen LogP) is 6.25. The fourth-order valence-electron chi connectivity index (χ4n) is 4.20. The molecule has 2 N–H and O–H groups in total. The van der Waals surface area contributed by atoms with Gasteiger partial charge >= 0.3 is 0 Å². The summed E-state index contributed by atoms with van der Waals surface area (Å²) in [6.45, 7) is 2.87. The number of fused-ring (bicyclic) bond motifs is 2. The number of aromatic nitrogens is 1. The van der Waals surface area contributed by atoms with Crippen molar-refractivity contribution >= 4 is 99.5 Å². The maximum absolute atomic E-state index is 11.3. The van der Waals surface area contributed by atoms with Gasteiger partial charge in [0.05, 0.1) is 22.2 Å². The first-order valence-electron chi connectivity index (χ1n) is 12.0. The molecule has 2 heterocycles. The standard InChI is InChI=1S/C25H26ClIN2O6S4/c1-2-17(13-24-28(9-3-11-38(30,31)32)20-15-18(26)5-7-22(20)36-24)14-25-29(10-4-12-39(33,34)35)21-16-19(27)6-8-23(21)37-25/h5-8,13-16H,2-4,9-12H2,1H3,(H-,30,31,32,33,34,35)/p+1. The lowest BCUT2D eigenvalue weighted by atomic mass is 10.2. The lowest BCUT2D eigenvalue weighted by Gasteiger charge is -2.20. The Balaban J connectivity index is 1.71. The number of benzene rings is 2. The normalized spacial score (nSPS) is 15.5. The van der Waals surface area contributed by atoms with Crippen molar-refractivity contribution in [2.75, 3.05) is 23.0 Å². The van der Waals surface area contributed by atoms with Gasteiger partial charge in [-0.15, -0.1) is 0 Å². The largest absolute Gasteiger partial charge is 0.335 e. The van der Waals surface area contributed by atoms with Crippen LogP contribution in [-0.2, 0) is 26.8 Å². The second-order valence-corrected chi connectivity index (χ2v) is 15.9. The fraction of sp³-hybridized carbons (Fsp3) is 0.320. The summed E-state index contributed by atoms with van der Waals surface area (Å²) in [6, 6.07) is 11.7. The summed E-state index contributed by atoms with van der Waals surface area (Å²) in [4.78, 5) is 3.03. The van der Waals surface area contributed by atoms with Gasteiger partial charge in [-0.1, -0.05) is 41.6 Å². The average molecular weight is 742 g/mol. The topological polar surface area (TPSA) is 116 Å². The van der Waals surface area contributed by atoms with E-state index in [2.05, 4.69) is 45.4 Å². The molecule has 0 saturated carbocycles. The molecule has 0 spiro atoms. The van der Waals surface area contributed by atoms with E-state index in [0.29, 0.717) is 18.1 Å². The van der Waals surface area contributed by atoms with Crippen LogP contribution >= 0.6 is 57.3 Å². The quantitative estimate of drug-likeness (QED) is 0.135. The molecule has 1 aromatic heterocycles. The number of allylic oxidation sites excluding steroid dienone is 2. The highest BCUT2D eigenvalue weighted by Crippen LogP contribution is 2.47. The maximum atomic E-state index is 11.3. The monoisotopic (exact) mass is 741 g/mol. The van der Waals surface area contributed by atoms with E-state index >= 15 is 0 Å². The van der Waals surface area contributed by atoms with Crippen LogP contribution in [0.5, 0.6) is 0 Å². The van der Waals surface area contributed by atoms with Gasteiger partial charge in [-0.2, -0.15) is 21.4 Å². The van der Waals surface area contributed by atoms with Gasteiger partial charge in [0, 0.05) is 38.6 Å². The molecule has 210 valence electrons. The van der Waals surface area contributed by atoms with Gasteiger partial charge in [-0.05, 0) is 77.4 Å². The van der Waals surface area contributed by atoms with E-state index in [1.807, 2.05) is 42.2 Å². The number of anilines is 1. The van der Waals surface area contributed by atoms with E-state index in [0.717, 1.165) is 46.4 Å². The Morgan fingerprint density at radius 1 is 1.08 bits per heavy atom. The lowest BCUT2D eigenvalue weighted by molar-refractivity contribution is -0.668. The molecule has 14 heteroatoms. The van der Waals surface area contributed by atoms with Gasteiger partial charge in [0.1, 0.15) is 4.70 Å². The molecular formula is C25H27ClIN2O6S4+. The molecular weight excluding hydrogens is 715 g/mol. The Morgan fingerprint density at radius 2 is 1.79 bits per heavy atom. The first-order chi connectivity index (χ1) is 18.3. The number of rotatable bonds is 11. The molecule has 0 bridgehead atoms. The van der Waals surface area contributed by atoms with Crippen molar-refractivity contribution in [3.63, 3.8) is 0 Å². The first-order valence-corrected chi connectivity index (χ1v) is 18.3. The molecule has 0 radical (unpaired) electrons. The molecule has 0 unspecified atom stereocenters. The van der Waals surface area contributed by atoms with Gasteiger partial charge in [0.15, 0.2) is 6.54 Å². The summed E-state index contributed by atoms with van der Waals surface area (Å²) in [7, 11) is -8.13. The van der Waals surface area contributed by atoms with Crippen molar-refractivity contribution in [1.29, 1.82) is 0 Å². The molecule has 0 aliphatic carbocycles. The molecule has 0 amide bonds. The summed E-state index contributed by atoms with van der Waals surface area (Å²) in [5.41, 5.74) is 2.92. The van der Waals surface area contributed by atoms with Gasteiger partial charge in [-0.3, -0.25) is 9.11 Å². The third-order valence-corrected chi connectivity index (χ3v) is 10.7. The second kappa shape index (κ2) is 12.8. The number of hydrogen-bond donors (Lipinski definition) is 2. The third kappa shape index (κ3) is 8.41. The molecule has 0 atom stereocenters. The van der Waals surface area contributed by atoms with Gasteiger partial charge in [0.2, 0.25) is 5.52 Å². The minimum atomic E-state index is -4.07. The summed E-state index contributed by atoms with van der Waals surface area (Å²) in [5, 5.41) is 2.45. The number of aryl methyl sites for hydroxylation is 1. The van der Waals surface area contributed by atoms with Crippen LogP contribution in [0.4, 0.5) is 5.69 Å². The molecule has 0 saturated heterocycles. The van der Waals surface area contributed by atoms with Crippen LogP contribution in [0.2, 0.25) is 5.02 Å². The van der Waals surface area contributed by atoms with Crippen LogP contribution in [0.1, 0.15) is 31.2 Å². The highest BCUT2D eigenvalue weighted by atomic mass is 127. The highest BCUT2D eigenvalue weighted by molar-refractivity contribution is 14.1. The van der Waals surface area contributed by atoms with E-state index in [-0.39, 0.29) is 24.3 Å². The highest BCUT2D eigenvalue weighted by Gasteiger charge is 2.26. The van der Waals surface area contributed by atoms with Crippen molar-refractivity contribution < 1.29 is 30.5 Å². The van der Waals surface area contributed by atoms with E-state index < -0.39 is 20.2 Å². The molecule has 1 aliphatic heterocycles. The van der Waals surface area contributed by atoms with Crippen molar-refractivity contribution in [2.45, 2.75) is 37.6 Å². The number of hydrogen-bond acceptors (Lipinski definition) is 7. The van der Waals surface area contributed by atoms with Gasteiger partial charge < -0.3 is 4.90 Å². The minimum absolute atomic E-state index is 0.247. The summed E-state index contributed by atoms with van der Waals surface area (Å²) in [6.07, 6.45) is 5.40. The van der Waals surface area contributed by atoms with Crippen LogP contribution in [0.15, 0.2) is 58.0 Å². The molecule has 3 aromatic rings. The van der Waals surface area contributed by atoms with Crippen molar-refractivity contribution in [3.8, 4) is 0 Å². The van der Waals surface area contributed by atoms with Crippen LogP contribution in [-0.4, -0.2) is 44.0 Å². The zero-order valence-electron chi connectivity index (χ0n) is 20.9. The molecule has 4 rings (SSSR count). The Kier molecular flexibility index (Phi) is 10.1. The van der Waals surface area contributed by atoms with Crippen LogP contribution in [0.3, 0.4) is 0 Å². The number of thiazole rings is 1. The SMILES string of the molecule is CCC(=C/c1sc2ccc(I)cc2[n+]1CCCS(=O)(=O)O)/C=C1\Sc2ccc(Cl)cc2N1CCCS(=O)(=O)O.